The third kappa shape index (κ3) is 2.02. The van der Waals surface area contributed by atoms with Crippen LogP contribution in [0.3, 0.4) is 0 Å². The summed E-state index contributed by atoms with van der Waals surface area (Å²) in [5, 5.41) is 1.03. The molecule has 0 aliphatic carbocycles. The molecule has 0 fully saturated rings. The van der Waals surface area contributed by atoms with Crippen LogP contribution in [0.25, 0.3) is 11.0 Å². The maximum atomic E-state index is 5.94. The summed E-state index contributed by atoms with van der Waals surface area (Å²) in [5.74, 6) is 0. The van der Waals surface area contributed by atoms with Crippen molar-refractivity contribution in [3.8, 4) is 0 Å². The number of hydrogen-bond donors (Lipinski definition) is 1. The molecule has 1 atom stereocenters. The molecule has 0 saturated carbocycles. The van der Waals surface area contributed by atoms with E-state index >= 15 is 0 Å². The highest BCUT2D eigenvalue weighted by Gasteiger charge is 2.06. The lowest BCUT2D eigenvalue weighted by Crippen LogP contribution is -2.10. The van der Waals surface area contributed by atoms with Gasteiger partial charge in [0.05, 0.1) is 11.7 Å². The Morgan fingerprint density at radius 1 is 1.40 bits per heavy atom. The Morgan fingerprint density at radius 2 is 2.27 bits per heavy atom. The summed E-state index contributed by atoms with van der Waals surface area (Å²) in [6.07, 6.45) is 4.26. The first-order valence-corrected chi connectivity index (χ1v) is 4.89. The quantitative estimate of drug-likeness (QED) is 0.771. The second-order valence-corrected chi connectivity index (χ2v) is 3.42. The Labute approximate surface area is 88.7 Å². The zero-order valence-electron chi connectivity index (χ0n) is 8.43. The van der Waals surface area contributed by atoms with Gasteiger partial charge in [0.1, 0.15) is 0 Å². The van der Waals surface area contributed by atoms with Crippen molar-refractivity contribution in [2.24, 2.45) is 5.73 Å². The van der Waals surface area contributed by atoms with E-state index in [4.69, 9.17) is 5.73 Å². The molecule has 15 heavy (non-hydrogen) atoms. The van der Waals surface area contributed by atoms with Crippen molar-refractivity contribution in [1.82, 2.24) is 9.97 Å². The molecular formula is C12H13N3. The Balaban J connectivity index is 2.42. The van der Waals surface area contributed by atoms with Crippen molar-refractivity contribution in [3.63, 3.8) is 0 Å². The number of hydrogen-bond acceptors (Lipinski definition) is 3. The molecule has 3 heteroatoms. The topological polar surface area (TPSA) is 51.8 Å². The predicted octanol–water partition coefficient (Wildman–Crippen LogP) is 2.21. The molecule has 0 saturated heterocycles. The third-order valence-corrected chi connectivity index (χ3v) is 2.29. The molecule has 3 nitrogen and oxygen atoms in total. The fraction of sp³-hybridized carbons (Fsp3) is 0.167. The number of aromatic nitrogens is 2. The highest BCUT2D eigenvalue weighted by atomic mass is 14.9. The molecule has 0 bridgehead atoms. The van der Waals surface area contributed by atoms with Crippen LogP contribution in [0.5, 0.6) is 0 Å². The Kier molecular flexibility index (Phi) is 2.74. The van der Waals surface area contributed by atoms with Crippen LogP contribution >= 0.6 is 0 Å². The van der Waals surface area contributed by atoms with Gasteiger partial charge in [-0.25, -0.2) is 9.97 Å². The van der Waals surface area contributed by atoms with E-state index in [9.17, 15) is 0 Å². The van der Waals surface area contributed by atoms with E-state index in [1.165, 1.54) is 0 Å². The molecule has 76 valence electrons. The first-order chi connectivity index (χ1) is 7.31. The van der Waals surface area contributed by atoms with E-state index in [0.717, 1.165) is 23.1 Å². The van der Waals surface area contributed by atoms with Crippen LogP contribution in [0.15, 0.2) is 43.1 Å². The Morgan fingerprint density at radius 3 is 3.07 bits per heavy atom. The van der Waals surface area contributed by atoms with E-state index in [1.807, 2.05) is 24.3 Å². The molecule has 0 aromatic carbocycles. The second-order valence-electron chi connectivity index (χ2n) is 3.42. The Bertz CT molecular complexity index is 479. The summed E-state index contributed by atoms with van der Waals surface area (Å²) in [6.45, 7) is 3.67. The van der Waals surface area contributed by atoms with Gasteiger partial charge in [-0.15, -0.1) is 6.58 Å². The minimum Gasteiger partial charge on any atom is -0.322 e. The monoisotopic (exact) mass is 199 g/mol. The van der Waals surface area contributed by atoms with Gasteiger partial charge in [-0.1, -0.05) is 6.08 Å². The van der Waals surface area contributed by atoms with Crippen LogP contribution in [0.4, 0.5) is 0 Å². The first kappa shape index (κ1) is 9.80. The van der Waals surface area contributed by atoms with Gasteiger partial charge >= 0.3 is 0 Å². The summed E-state index contributed by atoms with van der Waals surface area (Å²) < 4.78 is 0. The highest BCUT2D eigenvalue weighted by Crippen LogP contribution is 2.15. The molecule has 0 aliphatic rings. The fourth-order valence-electron chi connectivity index (χ4n) is 1.47. The zero-order chi connectivity index (χ0) is 10.7. The highest BCUT2D eigenvalue weighted by molar-refractivity contribution is 5.74. The SMILES string of the molecule is C=CCC(N)c1ccc2cccnc2n1. The largest absolute Gasteiger partial charge is 0.322 e. The number of nitrogens with zero attached hydrogens (tertiary/aromatic N) is 2. The minimum absolute atomic E-state index is 0.0890. The molecule has 2 rings (SSSR count). The van der Waals surface area contributed by atoms with Crippen LogP contribution < -0.4 is 5.73 Å². The van der Waals surface area contributed by atoms with Gasteiger partial charge in [-0.2, -0.15) is 0 Å². The zero-order valence-corrected chi connectivity index (χ0v) is 8.43. The van der Waals surface area contributed by atoms with Crippen molar-refractivity contribution >= 4 is 11.0 Å². The van der Waals surface area contributed by atoms with Gasteiger partial charge in [-0.05, 0) is 30.7 Å². The summed E-state index contributed by atoms with van der Waals surface area (Å²) in [7, 11) is 0. The van der Waals surface area contributed by atoms with Crippen LogP contribution in [0, 0.1) is 0 Å². The number of nitrogens with two attached hydrogens (primary N) is 1. The number of fused-ring (bicyclic) bond motifs is 1. The van der Waals surface area contributed by atoms with Crippen molar-refractivity contribution < 1.29 is 0 Å². The molecule has 0 amide bonds. The molecule has 0 spiro atoms. The average Bonchev–Trinajstić information content (AvgIpc) is 2.29. The van der Waals surface area contributed by atoms with Gasteiger partial charge < -0.3 is 5.73 Å². The second kappa shape index (κ2) is 4.19. The molecule has 0 aliphatic heterocycles. The van der Waals surface area contributed by atoms with Gasteiger partial charge in [0, 0.05) is 11.6 Å². The van der Waals surface area contributed by atoms with Crippen LogP contribution in [-0.4, -0.2) is 9.97 Å². The van der Waals surface area contributed by atoms with E-state index in [-0.39, 0.29) is 6.04 Å². The first-order valence-electron chi connectivity index (χ1n) is 4.89. The third-order valence-electron chi connectivity index (χ3n) is 2.29. The van der Waals surface area contributed by atoms with Gasteiger partial charge in [0.15, 0.2) is 5.65 Å². The van der Waals surface area contributed by atoms with E-state index in [1.54, 1.807) is 12.3 Å². The lowest BCUT2D eigenvalue weighted by atomic mass is 10.1. The molecule has 0 radical (unpaired) electrons. The number of rotatable bonds is 3. The lowest BCUT2D eigenvalue weighted by Gasteiger charge is -2.08. The standard InChI is InChI=1S/C12H13N3/c1-2-4-10(13)11-7-6-9-5-3-8-14-12(9)15-11/h2-3,5-8,10H,1,4,13H2. The van der Waals surface area contributed by atoms with Gasteiger partial charge in [0.25, 0.3) is 0 Å². The molecule has 1 unspecified atom stereocenters. The summed E-state index contributed by atoms with van der Waals surface area (Å²) in [5.41, 5.74) is 7.54. The van der Waals surface area contributed by atoms with Crippen molar-refractivity contribution in [2.45, 2.75) is 12.5 Å². The maximum absolute atomic E-state index is 5.94. The van der Waals surface area contributed by atoms with Crippen molar-refractivity contribution in [3.05, 3.63) is 48.8 Å². The Hall–Kier alpha value is -1.74. The molecular weight excluding hydrogens is 186 g/mol. The van der Waals surface area contributed by atoms with Crippen LogP contribution in [0.2, 0.25) is 0 Å². The van der Waals surface area contributed by atoms with Gasteiger partial charge in [-0.3, -0.25) is 0 Å². The van der Waals surface area contributed by atoms with Crippen molar-refractivity contribution in [1.29, 1.82) is 0 Å². The smallest absolute Gasteiger partial charge is 0.159 e. The van der Waals surface area contributed by atoms with E-state index in [2.05, 4.69) is 16.5 Å². The molecule has 2 heterocycles. The maximum Gasteiger partial charge on any atom is 0.159 e. The van der Waals surface area contributed by atoms with Crippen LogP contribution in [-0.2, 0) is 0 Å². The normalized spacial score (nSPS) is 12.6. The molecule has 2 aromatic rings. The van der Waals surface area contributed by atoms with Gasteiger partial charge in [0.2, 0.25) is 0 Å². The summed E-state index contributed by atoms with van der Waals surface area (Å²) in [4.78, 5) is 8.60. The van der Waals surface area contributed by atoms with E-state index < -0.39 is 0 Å². The minimum atomic E-state index is -0.0890. The van der Waals surface area contributed by atoms with Crippen molar-refractivity contribution in [2.75, 3.05) is 0 Å². The summed E-state index contributed by atoms with van der Waals surface area (Å²) in [6, 6.07) is 7.73. The molecule has 2 N–H and O–H groups in total. The average molecular weight is 199 g/mol. The number of pyridine rings is 2. The lowest BCUT2D eigenvalue weighted by molar-refractivity contribution is 0.717. The predicted molar refractivity (Wildman–Crippen MR) is 61.3 cm³/mol. The fourth-order valence-corrected chi connectivity index (χ4v) is 1.47. The summed E-state index contributed by atoms with van der Waals surface area (Å²) >= 11 is 0. The van der Waals surface area contributed by atoms with E-state index in [0.29, 0.717) is 0 Å². The molecule has 2 aromatic heterocycles. The van der Waals surface area contributed by atoms with Crippen LogP contribution in [0.1, 0.15) is 18.2 Å².